The number of halogens is 3. The van der Waals surface area contributed by atoms with E-state index in [4.69, 9.17) is 28.9 Å². The second-order valence-corrected chi connectivity index (χ2v) is 7.37. The van der Waals surface area contributed by atoms with E-state index in [0.29, 0.717) is 35.0 Å². The number of nitrogens with two attached hydrogens (primary N) is 1. The first-order chi connectivity index (χ1) is 10.5. The lowest BCUT2D eigenvalue weighted by Crippen LogP contribution is -2.36. The first kappa shape index (κ1) is 18.9. The average Bonchev–Trinajstić information content (AvgIpc) is 3.24. The summed E-state index contributed by atoms with van der Waals surface area (Å²) < 4.78 is 0. The van der Waals surface area contributed by atoms with Crippen LogP contribution < -0.4 is 5.73 Å². The van der Waals surface area contributed by atoms with Crippen molar-refractivity contribution in [3.05, 3.63) is 33.8 Å². The highest BCUT2D eigenvalue weighted by Gasteiger charge is 2.35. The highest BCUT2D eigenvalue weighted by atomic mass is 35.5. The van der Waals surface area contributed by atoms with Crippen LogP contribution in [0.2, 0.25) is 10.0 Å². The molecule has 2 atom stereocenters. The molecule has 2 aliphatic rings. The third kappa shape index (κ3) is 4.76. The largest absolute Gasteiger partial charge is 0.335 e. The Morgan fingerprint density at radius 1 is 1.17 bits per heavy atom. The SMILES string of the molecule is Cl.N[C@@H]1CCC[C@H]1CC(=O)N(Cc1ccc(Cl)c(Cl)c1)C1CC1. The van der Waals surface area contributed by atoms with Crippen molar-refractivity contribution in [2.75, 3.05) is 0 Å². The van der Waals surface area contributed by atoms with E-state index in [1.807, 2.05) is 17.0 Å². The Balaban J connectivity index is 0.00000192. The summed E-state index contributed by atoms with van der Waals surface area (Å²) in [4.78, 5) is 14.7. The topological polar surface area (TPSA) is 46.3 Å². The lowest BCUT2D eigenvalue weighted by Gasteiger charge is -2.25. The highest BCUT2D eigenvalue weighted by Crippen LogP contribution is 2.33. The van der Waals surface area contributed by atoms with Gasteiger partial charge in [-0.2, -0.15) is 0 Å². The van der Waals surface area contributed by atoms with E-state index in [1.165, 1.54) is 0 Å². The first-order valence-electron chi connectivity index (χ1n) is 8.03. The summed E-state index contributed by atoms with van der Waals surface area (Å²) in [6.45, 7) is 0.613. The maximum Gasteiger partial charge on any atom is 0.223 e. The molecule has 3 nitrogen and oxygen atoms in total. The Labute approximate surface area is 153 Å². The molecule has 128 valence electrons. The maximum absolute atomic E-state index is 12.7. The van der Waals surface area contributed by atoms with Gasteiger partial charge in [-0.1, -0.05) is 35.7 Å². The Hall–Kier alpha value is -0.480. The van der Waals surface area contributed by atoms with Gasteiger partial charge in [-0.15, -0.1) is 12.4 Å². The molecule has 0 spiro atoms. The lowest BCUT2D eigenvalue weighted by atomic mass is 9.99. The fourth-order valence-electron chi connectivity index (χ4n) is 3.30. The molecule has 0 heterocycles. The zero-order valence-corrected chi connectivity index (χ0v) is 15.3. The molecule has 2 saturated carbocycles. The fraction of sp³-hybridized carbons (Fsp3) is 0.588. The van der Waals surface area contributed by atoms with Crippen LogP contribution in [0, 0.1) is 5.92 Å². The molecule has 2 N–H and O–H groups in total. The monoisotopic (exact) mass is 376 g/mol. The lowest BCUT2D eigenvalue weighted by molar-refractivity contribution is -0.133. The van der Waals surface area contributed by atoms with Gasteiger partial charge in [-0.25, -0.2) is 0 Å². The van der Waals surface area contributed by atoms with Gasteiger partial charge in [-0.3, -0.25) is 4.79 Å². The predicted molar refractivity (Wildman–Crippen MR) is 97.2 cm³/mol. The number of hydrogen-bond acceptors (Lipinski definition) is 2. The van der Waals surface area contributed by atoms with Crippen LogP contribution in [0.5, 0.6) is 0 Å². The molecule has 2 fully saturated rings. The molecule has 3 rings (SSSR count). The normalized spacial score (nSPS) is 23.4. The van der Waals surface area contributed by atoms with Crippen LogP contribution in [0.15, 0.2) is 18.2 Å². The predicted octanol–water partition coefficient (Wildman–Crippen LogP) is 4.42. The van der Waals surface area contributed by atoms with Crippen LogP contribution in [0.3, 0.4) is 0 Å². The number of nitrogens with zero attached hydrogens (tertiary/aromatic N) is 1. The Bertz CT molecular complexity index is 563. The summed E-state index contributed by atoms with van der Waals surface area (Å²) in [6.07, 6.45) is 6.06. The van der Waals surface area contributed by atoms with Crippen LogP contribution in [-0.2, 0) is 11.3 Å². The summed E-state index contributed by atoms with van der Waals surface area (Å²) in [7, 11) is 0. The maximum atomic E-state index is 12.7. The molecular formula is C17H23Cl3N2O. The highest BCUT2D eigenvalue weighted by molar-refractivity contribution is 6.42. The van der Waals surface area contributed by atoms with E-state index in [-0.39, 0.29) is 24.4 Å². The number of carbonyl (C=O) groups is 1. The van der Waals surface area contributed by atoms with Crippen molar-refractivity contribution < 1.29 is 4.79 Å². The minimum atomic E-state index is 0. The Morgan fingerprint density at radius 2 is 1.91 bits per heavy atom. The van der Waals surface area contributed by atoms with Gasteiger partial charge in [0.15, 0.2) is 0 Å². The molecule has 1 aromatic carbocycles. The van der Waals surface area contributed by atoms with Gasteiger partial charge >= 0.3 is 0 Å². The van der Waals surface area contributed by atoms with Crippen molar-refractivity contribution in [1.29, 1.82) is 0 Å². The molecule has 0 aliphatic heterocycles. The van der Waals surface area contributed by atoms with E-state index < -0.39 is 0 Å². The minimum absolute atomic E-state index is 0. The first-order valence-corrected chi connectivity index (χ1v) is 8.79. The van der Waals surface area contributed by atoms with Gasteiger partial charge in [0, 0.05) is 25.0 Å². The molecule has 23 heavy (non-hydrogen) atoms. The standard InChI is InChI=1S/C17H22Cl2N2O.ClH/c18-14-7-4-11(8-15(14)19)10-21(13-5-6-13)17(22)9-12-2-1-3-16(12)20;/h4,7-8,12-13,16H,1-3,5-6,9-10,20H2;1H/t12-,16+;/m0./s1. The molecule has 6 heteroatoms. The van der Waals surface area contributed by atoms with E-state index >= 15 is 0 Å². The van der Waals surface area contributed by atoms with Crippen molar-refractivity contribution in [2.45, 2.75) is 57.2 Å². The number of hydrogen-bond donors (Lipinski definition) is 1. The van der Waals surface area contributed by atoms with Crippen LogP contribution in [0.4, 0.5) is 0 Å². The van der Waals surface area contributed by atoms with Gasteiger partial charge in [0.2, 0.25) is 5.91 Å². The van der Waals surface area contributed by atoms with E-state index in [1.54, 1.807) is 6.07 Å². The van der Waals surface area contributed by atoms with Gasteiger partial charge < -0.3 is 10.6 Å². The summed E-state index contributed by atoms with van der Waals surface area (Å²) >= 11 is 12.0. The number of carbonyl (C=O) groups excluding carboxylic acids is 1. The third-order valence-corrected chi connectivity index (χ3v) is 5.54. The van der Waals surface area contributed by atoms with Crippen molar-refractivity contribution in [2.24, 2.45) is 11.7 Å². The second kappa shape index (κ2) is 8.06. The number of amides is 1. The van der Waals surface area contributed by atoms with Crippen molar-refractivity contribution >= 4 is 41.5 Å². The third-order valence-electron chi connectivity index (χ3n) is 4.80. The molecule has 1 aromatic rings. The van der Waals surface area contributed by atoms with Gasteiger partial charge in [0.25, 0.3) is 0 Å². The van der Waals surface area contributed by atoms with E-state index in [2.05, 4.69) is 0 Å². The van der Waals surface area contributed by atoms with Crippen LogP contribution in [0.1, 0.15) is 44.1 Å². The molecule has 0 radical (unpaired) electrons. The van der Waals surface area contributed by atoms with Gasteiger partial charge in [0.05, 0.1) is 10.0 Å². The zero-order chi connectivity index (χ0) is 15.7. The molecule has 0 aromatic heterocycles. The van der Waals surface area contributed by atoms with E-state index in [0.717, 1.165) is 37.7 Å². The fourth-order valence-corrected chi connectivity index (χ4v) is 3.62. The number of rotatable bonds is 5. The van der Waals surface area contributed by atoms with Crippen LogP contribution in [0.25, 0.3) is 0 Å². The summed E-state index contributed by atoms with van der Waals surface area (Å²) in [6, 6.07) is 6.17. The molecule has 2 aliphatic carbocycles. The molecule has 0 unspecified atom stereocenters. The summed E-state index contributed by atoms with van der Waals surface area (Å²) in [5, 5.41) is 1.09. The zero-order valence-electron chi connectivity index (χ0n) is 13.0. The minimum Gasteiger partial charge on any atom is -0.335 e. The van der Waals surface area contributed by atoms with E-state index in [9.17, 15) is 4.79 Å². The Morgan fingerprint density at radius 3 is 2.48 bits per heavy atom. The van der Waals surface area contributed by atoms with Crippen LogP contribution in [-0.4, -0.2) is 22.9 Å². The molecule has 0 bridgehead atoms. The summed E-state index contributed by atoms with van der Waals surface area (Å²) in [5.74, 6) is 0.582. The smallest absolute Gasteiger partial charge is 0.223 e. The quantitative estimate of drug-likeness (QED) is 0.825. The average molecular weight is 378 g/mol. The van der Waals surface area contributed by atoms with Crippen molar-refractivity contribution in [3.8, 4) is 0 Å². The number of benzene rings is 1. The van der Waals surface area contributed by atoms with Crippen molar-refractivity contribution in [3.63, 3.8) is 0 Å². The van der Waals surface area contributed by atoms with Gasteiger partial charge in [-0.05, 0) is 49.3 Å². The second-order valence-electron chi connectivity index (χ2n) is 6.56. The molecule has 1 amide bonds. The van der Waals surface area contributed by atoms with Crippen LogP contribution >= 0.6 is 35.6 Å². The summed E-state index contributed by atoms with van der Waals surface area (Å²) in [5.41, 5.74) is 7.14. The molecule has 0 saturated heterocycles. The van der Waals surface area contributed by atoms with Crippen molar-refractivity contribution in [1.82, 2.24) is 4.90 Å². The molecular weight excluding hydrogens is 355 g/mol. The Kier molecular flexibility index (Phi) is 6.61. The van der Waals surface area contributed by atoms with Gasteiger partial charge in [0.1, 0.15) is 0 Å².